The molecular weight excluding hydrogens is 354 g/mol. The number of carbonyl (C=O) groups excluding carboxylic acids is 1. The van der Waals surface area contributed by atoms with E-state index >= 15 is 0 Å². The number of carboxylic acids is 1. The lowest BCUT2D eigenvalue weighted by Crippen LogP contribution is -2.41. The number of nitrogens with one attached hydrogen (secondary N) is 1. The predicted octanol–water partition coefficient (Wildman–Crippen LogP) is 4.46. The Hall–Kier alpha value is -2.58. The Balaban J connectivity index is 2.19. The Morgan fingerprint density at radius 3 is 2.37 bits per heavy atom. The molecule has 0 bridgehead atoms. The highest BCUT2D eigenvalue weighted by molar-refractivity contribution is 6.87. The number of carbonyl (C=O) groups is 2. The standard InChI is InChI=1S/C22H27NO3Si/c1-22(2,3)27(4,5)15-9-14-19(21(25)26)23-20(24)18-13-8-11-16-10-6-7-12-17(16)18/h6-8,10-13,19H,14H2,1-5H3,(H,23,24)(H,25,26)/t19-/m1/s1. The van der Waals surface area contributed by atoms with Crippen molar-refractivity contribution in [1.82, 2.24) is 5.32 Å². The van der Waals surface area contributed by atoms with E-state index < -0.39 is 26.0 Å². The topological polar surface area (TPSA) is 66.4 Å². The molecule has 2 aromatic carbocycles. The largest absolute Gasteiger partial charge is 0.480 e. The van der Waals surface area contributed by atoms with Crippen LogP contribution in [-0.4, -0.2) is 31.1 Å². The Labute approximate surface area is 162 Å². The molecule has 0 aliphatic carbocycles. The van der Waals surface area contributed by atoms with Gasteiger partial charge in [0.1, 0.15) is 14.1 Å². The minimum atomic E-state index is -1.81. The van der Waals surface area contributed by atoms with Gasteiger partial charge in [-0.15, -0.1) is 11.5 Å². The molecule has 1 amide bonds. The number of aliphatic carboxylic acids is 1. The first-order valence-corrected chi connectivity index (χ1v) is 12.0. The third-order valence-electron chi connectivity index (χ3n) is 5.22. The van der Waals surface area contributed by atoms with Gasteiger partial charge in [0.05, 0.1) is 0 Å². The summed E-state index contributed by atoms with van der Waals surface area (Å²) in [6.07, 6.45) is 0.0956. The van der Waals surface area contributed by atoms with E-state index in [9.17, 15) is 14.7 Å². The third kappa shape index (κ3) is 4.99. The van der Waals surface area contributed by atoms with Crippen LogP contribution < -0.4 is 5.32 Å². The van der Waals surface area contributed by atoms with E-state index in [-0.39, 0.29) is 11.5 Å². The summed E-state index contributed by atoms with van der Waals surface area (Å²) in [6, 6.07) is 11.9. The number of fused-ring (bicyclic) bond motifs is 1. The summed E-state index contributed by atoms with van der Waals surface area (Å²) in [5.74, 6) is 1.55. The molecule has 142 valence electrons. The molecule has 0 fully saturated rings. The van der Waals surface area contributed by atoms with Crippen molar-refractivity contribution in [3.63, 3.8) is 0 Å². The van der Waals surface area contributed by atoms with E-state index in [4.69, 9.17) is 0 Å². The molecule has 0 aliphatic heterocycles. The van der Waals surface area contributed by atoms with Crippen LogP contribution in [0.25, 0.3) is 10.8 Å². The minimum absolute atomic E-state index is 0.0956. The molecule has 0 heterocycles. The Kier molecular flexibility index (Phi) is 6.12. The van der Waals surface area contributed by atoms with Crippen LogP contribution >= 0.6 is 0 Å². The van der Waals surface area contributed by atoms with Gasteiger partial charge in [-0.2, -0.15) is 0 Å². The lowest BCUT2D eigenvalue weighted by molar-refractivity contribution is -0.139. The first-order valence-electron chi connectivity index (χ1n) is 9.04. The predicted molar refractivity (Wildman–Crippen MR) is 112 cm³/mol. The van der Waals surface area contributed by atoms with E-state index in [0.29, 0.717) is 5.56 Å². The smallest absolute Gasteiger partial charge is 0.327 e. The normalized spacial score (nSPS) is 12.8. The van der Waals surface area contributed by atoms with Crippen molar-refractivity contribution in [2.75, 3.05) is 0 Å². The monoisotopic (exact) mass is 381 g/mol. The fourth-order valence-corrected chi connectivity index (χ4v) is 3.34. The molecule has 0 spiro atoms. The molecule has 0 unspecified atom stereocenters. The van der Waals surface area contributed by atoms with Gasteiger partial charge < -0.3 is 10.4 Å². The van der Waals surface area contributed by atoms with Crippen molar-refractivity contribution in [2.45, 2.75) is 51.4 Å². The lowest BCUT2D eigenvalue weighted by atomic mass is 10.0. The van der Waals surface area contributed by atoms with Gasteiger partial charge in [0.2, 0.25) is 0 Å². The van der Waals surface area contributed by atoms with Crippen molar-refractivity contribution in [1.29, 1.82) is 0 Å². The number of hydrogen-bond acceptors (Lipinski definition) is 2. The van der Waals surface area contributed by atoms with Gasteiger partial charge in [0.25, 0.3) is 5.91 Å². The second-order valence-electron chi connectivity index (χ2n) is 8.27. The van der Waals surface area contributed by atoms with Gasteiger partial charge in [-0.3, -0.25) is 4.79 Å². The molecule has 2 aromatic rings. The second-order valence-corrected chi connectivity index (χ2v) is 13.3. The fraction of sp³-hybridized carbons (Fsp3) is 0.364. The van der Waals surface area contributed by atoms with E-state index in [2.05, 4.69) is 50.6 Å². The Morgan fingerprint density at radius 2 is 1.74 bits per heavy atom. The zero-order chi connectivity index (χ0) is 20.2. The molecule has 0 radical (unpaired) electrons. The summed E-state index contributed by atoms with van der Waals surface area (Å²) in [5.41, 5.74) is 3.77. The summed E-state index contributed by atoms with van der Waals surface area (Å²) in [4.78, 5) is 24.3. The van der Waals surface area contributed by atoms with Crippen molar-refractivity contribution < 1.29 is 14.7 Å². The number of rotatable bonds is 4. The maximum absolute atomic E-state index is 12.7. The zero-order valence-electron chi connectivity index (χ0n) is 16.6. The number of hydrogen-bond donors (Lipinski definition) is 2. The van der Waals surface area contributed by atoms with Crippen LogP contribution in [0.5, 0.6) is 0 Å². The Bertz CT molecular complexity index is 911. The number of carboxylic acid groups (broad SMARTS) is 1. The minimum Gasteiger partial charge on any atom is -0.480 e. The maximum atomic E-state index is 12.7. The summed E-state index contributed by atoms with van der Waals surface area (Å²) < 4.78 is 0. The van der Waals surface area contributed by atoms with E-state index in [1.54, 1.807) is 12.1 Å². The van der Waals surface area contributed by atoms with Gasteiger partial charge in [-0.05, 0) is 21.9 Å². The van der Waals surface area contributed by atoms with Crippen molar-refractivity contribution in [3.8, 4) is 11.5 Å². The molecule has 0 aliphatic rings. The average Bonchev–Trinajstić information content (AvgIpc) is 2.59. The van der Waals surface area contributed by atoms with Gasteiger partial charge in [0.15, 0.2) is 0 Å². The average molecular weight is 382 g/mol. The Morgan fingerprint density at radius 1 is 1.11 bits per heavy atom. The summed E-state index contributed by atoms with van der Waals surface area (Å²) >= 11 is 0. The molecule has 0 saturated carbocycles. The molecule has 1 atom stereocenters. The van der Waals surface area contributed by atoms with Crippen LogP contribution in [0.4, 0.5) is 0 Å². The first-order chi connectivity index (χ1) is 12.5. The van der Waals surface area contributed by atoms with Gasteiger partial charge in [-0.1, -0.05) is 70.3 Å². The number of amides is 1. The third-order valence-corrected chi connectivity index (χ3v) is 9.77. The maximum Gasteiger partial charge on any atom is 0.327 e. The van der Waals surface area contributed by atoms with Crippen LogP contribution in [0.1, 0.15) is 37.6 Å². The van der Waals surface area contributed by atoms with Crippen molar-refractivity contribution in [3.05, 3.63) is 48.0 Å². The number of benzene rings is 2. The molecule has 0 aromatic heterocycles. The molecule has 2 N–H and O–H groups in total. The van der Waals surface area contributed by atoms with Gasteiger partial charge >= 0.3 is 5.97 Å². The van der Waals surface area contributed by atoms with Crippen LogP contribution in [0.15, 0.2) is 42.5 Å². The highest BCUT2D eigenvalue weighted by atomic mass is 28.3. The summed E-state index contributed by atoms with van der Waals surface area (Å²) in [7, 11) is -1.81. The SMILES string of the molecule is CC(C)(C)[Si](C)(C)C#CC[C@@H](NC(=O)c1cccc2ccccc12)C(=O)O. The van der Waals surface area contributed by atoms with Crippen molar-refractivity contribution >= 4 is 30.7 Å². The van der Waals surface area contributed by atoms with Crippen LogP contribution in [0.2, 0.25) is 18.1 Å². The first kappa shape index (κ1) is 20.7. The lowest BCUT2D eigenvalue weighted by Gasteiger charge is -2.31. The quantitative estimate of drug-likeness (QED) is 0.607. The molecule has 4 nitrogen and oxygen atoms in total. The van der Waals surface area contributed by atoms with E-state index in [1.807, 2.05) is 30.3 Å². The molecule has 2 rings (SSSR count). The van der Waals surface area contributed by atoms with E-state index in [1.165, 1.54) is 0 Å². The van der Waals surface area contributed by atoms with E-state index in [0.717, 1.165) is 10.8 Å². The summed E-state index contributed by atoms with van der Waals surface area (Å²) in [5, 5.41) is 14.0. The second kappa shape index (κ2) is 7.97. The van der Waals surface area contributed by atoms with Gasteiger partial charge in [0, 0.05) is 12.0 Å². The van der Waals surface area contributed by atoms with Gasteiger partial charge in [-0.25, -0.2) is 4.79 Å². The zero-order valence-corrected chi connectivity index (χ0v) is 17.6. The highest BCUT2D eigenvalue weighted by Gasteiger charge is 2.33. The van der Waals surface area contributed by atoms with Crippen LogP contribution in [0, 0.1) is 11.5 Å². The molecule has 0 saturated heterocycles. The molecular formula is C22H27NO3Si. The molecule has 5 heteroatoms. The summed E-state index contributed by atoms with van der Waals surface area (Å²) in [6.45, 7) is 10.8. The fourth-order valence-electron chi connectivity index (χ4n) is 2.42. The van der Waals surface area contributed by atoms with Crippen molar-refractivity contribution in [2.24, 2.45) is 0 Å². The highest BCUT2D eigenvalue weighted by Crippen LogP contribution is 2.35. The van der Waals surface area contributed by atoms with Crippen LogP contribution in [0.3, 0.4) is 0 Å². The van der Waals surface area contributed by atoms with Crippen LogP contribution in [-0.2, 0) is 4.79 Å². The molecule has 27 heavy (non-hydrogen) atoms.